The van der Waals surface area contributed by atoms with Crippen LogP contribution < -0.4 is 5.32 Å². The molecule has 2 bridgehead atoms. The van der Waals surface area contributed by atoms with Crippen molar-refractivity contribution in [2.24, 2.45) is 17.8 Å². The third-order valence-corrected chi connectivity index (χ3v) is 11.5. The smallest absolute Gasteiger partial charge is 0.325 e. The van der Waals surface area contributed by atoms with Crippen LogP contribution in [0.3, 0.4) is 0 Å². The fraction of sp³-hybridized carbons (Fsp3) is 0.471. The fourth-order valence-corrected chi connectivity index (χ4v) is 9.22. The van der Waals surface area contributed by atoms with Gasteiger partial charge in [0, 0.05) is 22.6 Å². The Morgan fingerprint density at radius 1 is 1.19 bits per heavy atom. The fourth-order valence-electron chi connectivity index (χ4n) is 7.39. The van der Waals surface area contributed by atoms with Crippen LogP contribution >= 0.6 is 34.5 Å². The van der Waals surface area contributed by atoms with Crippen LogP contribution in [0.1, 0.15) is 78.6 Å². The summed E-state index contributed by atoms with van der Waals surface area (Å²) in [6.45, 7) is 3.94. The van der Waals surface area contributed by atoms with Crippen LogP contribution in [0.4, 0.5) is 4.39 Å². The average Bonchev–Trinajstić information content (AvgIpc) is 3.62. The van der Waals surface area contributed by atoms with Crippen LogP contribution in [0, 0.1) is 23.6 Å². The third kappa shape index (κ3) is 5.94. The van der Waals surface area contributed by atoms with E-state index in [9.17, 15) is 14.7 Å². The van der Waals surface area contributed by atoms with E-state index in [1.807, 2.05) is 0 Å². The number of nitrogens with one attached hydrogen (secondary N) is 1. The molecule has 2 N–H and O–H groups in total. The van der Waals surface area contributed by atoms with Gasteiger partial charge in [-0.2, -0.15) is 0 Å². The number of hydrogen-bond acceptors (Lipinski definition) is 9. The number of aliphatic hydroxyl groups is 1. The van der Waals surface area contributed by atoms with E-state index in [1.54, 1.807) is 31.2 Å². The van der Waals surface area contributed by atoms with Gasteiger partial charge in [-0.05, 0) is 81.0 Å². The summed E-state index contributed by atoms with van der Waals surface area (Å²) >= 11 is 14.3. The molecule has 47 heavy (non-hydrogen) atoms. The Morgan fingerprint density at radius 3 is 2.66 bits per heavy atom. The quantitative estimate of drug-likeness (QED) is 0.164. The molecule has 0 saturated heterocycles. The number of rotatable bonds is 10. The SMILES string of the molecule is CCOC(=O)CNC(=O)c1cc(F)c2nc([C@]3(O)[C@H]4C[C@@H](OCc5c(-c6c(Cl)cccc6Cl)noc5C5CC5)C[C@@H]3[C@@H](C)C4)sc2c1. The summed E-state index contributed by atoms with van der Waals surface area (Å²) in [5, 5.41) is 20.6. The van der Waals surface area contributed by atoms with Crippen LogP contribution in [0.2, 0.25) is 10.0 Å². The van der Waals surface area contributed by atoms with Gasteiger partial charge in [-0.25, -0.2) is 9.37 Å². The first kappa shape index (κ1) is 32.5. The van der Waals surface area contributed by atoms with E-state index in [1.165, 1.54) is 11.3 Å². The number of amides is 1. The zero-order valence-electron chi connectivity index (χ0n) is 25.9. The Kier molecular flexibility index (Phi) is 8.80. The van der Waals surface area contributed by atoms with Crippen LogP contribution in [0.15, 0.2) is 34.9 Å². The Bertz CT molecular complexity index is 1840. The molecule has 2 aromatic heterocycles. The van der Waals surface area contributed by atoms with E-state index in [-0.39, 0.29) is 54.7 Å². The summed E-state index contributed by atoms with van der Waals surface area (Å²) in [5.74, 6) is -0.861. The number of fused-ring (bicyclic) bond motifs is 3. The van der Waals surface area contributed by atoms with E-state index in [0.29, 0.717) is 49.8 Å². The average molecular weight is 703 g/mol. The summed E-state index contributed by atoms with van der Waals surface area (Å²) in [4.78, 5) is 28.9. The number of aromatic nitrogens is 2. The lowest BCUT2D eigenvalue weighted by molar-refractivity contribution is -0.141. The molecule has 0 aliphatic heterocycles. The van der Waals surface area contributed by atoms with Crippen molar-refractivity contribution in [3.05, 3.63) is 68.1 Å². The second-order valence-corrected chi connectivity index (χ2v) is 14.6. The van der Waals surface area contributed by atoms with Crippen LogP contribution in [0.5, 0.6) is 0 Å². The summed E-state index contributed by atoms with van der Waals surface area (Å²) < 4.78 is 32.9. The highest BCUT2D eigenvalue weighted by molar-refractivity contribution is 7.18. The molecule has 7 rings (SSSR count). The predicted molar refractivity (Wildman–Crippen MR) is 175 cm³/mol. The Balaban J connectivity index is 1.10. The Morgan fingerprint density at radius 2 is 1.96 bits per heavy atom. The monoisotopic (exact) mass is 701 g/mol. The number of carbonyl (C=O) groups is 2. The minimum Gasteiger partial charge on any atom is -0.465 e. The number of thiazole rings is 1. The van der Waals surface area contributed by atoms with Crippen molar-refractivity contribution in [3.63, 3.8) is 0 Å². The number of halogens is 3. The molecule has 1 amide bonds. The lowest BCUT2D eigenvalue weighted by Crippen LogP contribution is -2.45. The highest BCUT2D eigenvalue weighted by atomic mass is 35.5. The van der Waals surface area contributed by atoms with Crippen LogP contribution in [0.25, 0.3) is 21.5 Å². The molecule has 13 heteroatoms. The predicted octanol–water partition coefficient (Wildman–Crippen LogP) is 7.41. The van der Waals surface area contributed by atoms with Gasteiger partial charge in [0.15, 0.2) is 5.82 Å². The number of nitrogens with zero attached hydrogens (tertiary/aromatic N) is 2. The van der Waals surface area contributed by atoms with Crippen molar-refractivity contribution in [1.82, 2.24) is 15.5 Å². The second kappa shape index (κ2) is 12.7. The maximum absolute atomic E-state index is 15.3. The number of ether oxygens (including phenoxy) is 2. The first-order chi connectivity index (χ1) is 22.6. The third-order valence-electron chi connectivity index (χ3n) is 9.78. The first-order valence-corrected chi connectivity index (χ1v) is 17.5. The lowest BCUT2D eigenvalue weighted by atomic mass is 9.72. The van der Waals surface area contributed by atoms with Gasteiger partial charge in [0.1, 0.15) is 34.1 Å². The standard InChI is InChI=1S/C34H34Cl2FN3O6S/c1-3-44-27(41)14-38-32(42)18-10-25(37)30-26(11-18)47-33(39-30)34(43)19-9-16(2)22(34)13-20(12-19)45-15-21-29(40-46-31(21)17-7-8-17)28-23(35)5-4-6-24(28)36/h4-6,10-11,16-17,19-20,22,43H,3,7-9,12-15H2,1-2H3,(H,38,42)/t16-,19+,20+,22+,34-/m0/s1. The highest BCUT2D eigenvalue weighted by Crippen LogP contribution is 2.59. The molecule has 5 atom stereocenters. The second-order valence-electron chi connectivity index (χ2n) is 12.8. The van der Waals surface area contributed by atoms with Gasteiger partial charge in [0.25, 0.3) is 5.91 Å². The minimum atomic E-state index is -1.26. The maximum atomic E-state index is 15.3. The van der Waals surface area contributed by atoms with E-state index < -0.39 is 23.3 Å². The normalized spacial score (nSPS) is 25.3. The summed E-state index contributed by atoms with van der Waals surface area (Å²) in [7, 11) is 0. The molecular weight excluding hydrogens is 668 g/mol. The molecule has 248 valence electrons. The molecule has 0 spiro atoms. The molecule has 3 aliphatic carbocycles. The number of carbonyl (C=O) groups excluding carboxylic acids is 2. The van der Waals surface area contributed by atoms with Gasteiger partial charge < -0.3 is 24.4 Å². The van der Waals surface area contributed by atoms with E-state index >= 15 is 4.39 Å². The van der Waals surface area contributed by atoms with Crippen molar-refractivity contribution in [3.8, 4) is 11.3 Å². The summed E-state index contributed by atoms with van der Waals surface area (Å²) in [6, 6.07) is 7.98. The van der Waals surface area contributed by atoms with Crippen molar-refractivity contribution in [2.45, 2.75) is 70.2 Å². The Labute approximate surface area is 284 Å². The first-order valence-electron chi connectivity index (χ1n) is 15.9. The molecule has 2 heterocycles. The van der Waals surface area contributed by atoms with Crippen LogP contribution in [-0.4, -0.2) is 46.4 Å². The highest BCUT2D eigenvalue weighted by Gasteiger charge is 2.59. The van der Waals surface area contributed by atoms with Gasteiger partial charge >= 0.3 is 5.97 Å². The van der Waals surface area contributed by atoms with Gasteiger partial charge in [0.05, 0.1) is 34.1 Å². The van der Waals surface area contributed by atoms with Crippen molar-refractivity contribution in [1.29, 1.82) is 0 Å². The zero-order chi connectivity index (χ0) is 33.0. The molecular formula is C34H34Cl2FN3O6S. The molecule has 3 aliphatic rings. The molecule has 0 unspecified atom stereocenters. The molecule has 0 radical (unpaired) electrons. The number of esters is 1. The molecule has 3 saturated carbocycles. The van der Waals surface area contributed by atoms with Gasteiger partial charge in [0.2, 0.25) is 0 Å². The van der Waals surface area contributed by atoms with Gasteiger partial charge in [-0.15, -0.1) is 11.3 Å². The van der Waals surface area contributed by atoms with Crippen LogP contribution in [-0.2, 0) is 26.5 Å². The lowest BCUT2D eigenvalue weighted by Gasteiger charge is -2.41. The van der Waals surface area contributed by atoms with E-state index in [4.69, 9.17) is 37.2 Å². The molecule has 4 aromatic rings. The van der Waals surface area contributed by atoms with E-state index in [2.05, 4.69) is 22.4 Å². The summed E-state index contributed by atoms with van der Waals surface area (Å²) in [5.41, 5.74) is 0.987. The van der Waals surface area contributed by atoms with E-state index in [0.717, 1.165) is 36.7 Å². The largest absolute Gasteiger partial charge is 0.465 e. The zero-order valence-corrected chi connectivity index (χ0v) is 28.2. The van der Waals surface area contributed by atoms with Crippen molar-refractivity contribution in [2.75, 3.05) is 13.2 Å². The Hall–Kier alpha value is -3.09. The topological polar surface area (TPSA) is 124 Å². The van der Waals surface area contributed by atoms with Gasteiger partial charge in [-0.3, -0.25) is 9.59 Å². The molecule has 3 fully saturated rings. The minimum absolute atomic E-state index is 0.0617. The van der Waals surface area contributed by atoms with Gasteiger partial charge in [-0.1, -0.05) is 41.3 Å². The summed E-state index contributed by atoms with van der Waals surface area (Å²) in [6.07, 6.45) is 3.90. The van der Waals surface area contributed by atoms with Crippen molar-refractivity contribution < 1.29 is 33.1 Å². The number of hydrogen-bond donors (Lipinski definition) is 2. The maximum Gasteiger partial charge on any atom is 0.325 e. The number of benzene rings is 2. The van der Waals surface area contributed by atoms with Crippen molar-refractivity contribution >= 4 is 56.6 Å². The molecule has 9 nitrogen and oxygen atoms in total. The molecule has 2 aromatic carbocycles.